The van der Waals surface area contributed by atoms with Crippen LogP contribution in [0.4, 0.5) is 5.13 Å². The molecule has 2 rings (SSSR count). The van der Waals surface area contributed by atoms with Gasteiger partial charge in [-0.2, -0.15) is 5.10 Å². The van der Waals surface area contributed by atoms with Gasteiger partial charge in [0.1, 0.15) is 16.8 Å². The highest BCUT2D eigenvalue weighted by Crippen LogP contribution is 2.18. The zero-order valence-electron chi connectivity index (χ0n) is 7.20. The third-order valence-electron chi connectivity index (χ3n) is 1.58. The predicted molar refractivity (Wildman–Crippen MR) is 58.4 cm³/mol. The average molecular weight is 274 g/mol. The minimum absolute atomic E-state index is 0.801. The number of rotatable bonds is 4. The topological polar surface area (TPSA) is 66.5 Å². The molecular weight excluding hydrogens is 266 g/mol. The highest BCUT2D eigenvalue weighted by molar-refractivity contribution is 9.10. The van der Waals surface area contributed by atoms with E-state index in [1.54, 1.807) is 11.3 Å². The second-order valence-corrected chi connectivity index (χ2v) is 4.25. The first-order valence-electron chi connectivity index (χ1n) is 4.04. The second kappa shape index (κ2) is 4.52. The largest absolute Gasteiger partial charge is 0.361 e. The summed E-state index contributed by atoms with van der Waals surface area (Å²) in [6.45, 7) is 0.801. The van der Waals surface area contributed by atoms with Gasteiger partial charge in [0, 0.05) is 18.3 Å². The summed E-state index contributed by atoms with van der Waals surface area (Å²) in [4.78, 5) is 8.23. The third-order valence-corrected chi connectivity index (χ3v) is 3.09. The minimum Gasteiger partial charge on any atom is -0.361 e. The SMILES string of the molecule is Brc1csc(NCCc2ncn[nH]2)n1. The number of aromatic nitrogens is 4. The van der Waals surface area contributed by atoms with Crippen LogP contribution in [0.3, 0.4) is 0 Å². The molecule has 0 saturated carbocycles. The molecule has 7 heteroatoms. The molecule has 14 heavy (non-hydrogen) atoms. The summed E-state index contributed by atoms with van der Waals surface area (Å²) in [5.41, 5.74) is 0. The maximum Gasteiger partial charge on any atom is 0.183 e. The molecule has 0 aromatic carbocycles. The smallest absolute Gasteiger partial charge is 0.183 e. The van der Waals surface area contributed by atoms with Crippen molar-refractivity contribution in [2.24, 2.45) is 0 Å². The van der Waals surface area contributed by atoms with Gasteiger partial charge < -0.3 is 5.32 Å². The highest BCUT2D eigenvalue weighted by Gasteiger charge is 1.99. The van der Waals surface area contributed by atoms with E-state index < -0.39 is 0 Å². The van der Waals surface area contributed by atoms with Crippen LogP contribution in [0.2, 0.25) is 0 Å². The molecule has 0 fully saturated rings. The van der Waals surface area contributed by atoms with E-state index in [1.165, 1.54) is 6.33 Å². The quantitative estimate of drug-likeness (QED) is 0.890. The van der Waals surface area contributed by atoms with E-state index in [0.717, 1.165) is 28.5 Å². The van der Waals surface area contributed by atoms with Gasteiger partial charge in [-0.1, -0.05) is 0 Å². The number of aromatic amines is 1. The summed E-state index contributed by atoms with van der Waals surface area (Å²) in [6.07, 6.45) is 2.33. The summed E-state index contributed by atoms with van der Waals surface area (Å²) in [7, 11) is 0. The van der Waals surface area contributed by atoms with E-state index in [0.29, 0.717) is 0 Å². The monoisotopic (exact) mass is 273 g/mol. The van der Waals surface area contributed by atoms with E-state index in [4.69, 9.17) is 0 Å². The molecule has 5 nitrogen and oxygen atoms in total. The van der Waals surface area contributed by atoms with Gasteiger partial charge >= 0.3 is 0 Å². The lowest BCUT2D eigenvalue weighted by atomic mass is 10.4. The third kappa shape index (κ3) is 2.52. The van der Waals surface area contributed by atoms with Crippen LogP contribution in [-0.4, -0.2) is 26.7 Å². The van der Waals surface area contributed by atoms with Gasteiger partial charge in [-0.25, -0.2) is 9.97 Å². The number of thiazole rings is 1. The molecular formula is C7H8BrN5S. The van der Waals surface area contributed by atoms with Crippen LogP contribution < -0.4 is 5.32 Å². The number of H-pyrrole nitrogens is 1. The Morgan fingerprint density at radius 1 is 1.57 bits per heavy atom. The Morgan fingerprint density at radius 3 is 3.14 bits per heavy atom. The van der Waals surface area contributed by atoms with Crippen molar-refractivity contribution in [2.45, 2.75) is 6.42 Å². The first-order valence-corrected chi connectivity index (χ1v) is 5.71. The van der Waals surface area contributed by atoms with Crippen molar-refractivity contribution in [3.05, 3.63) is 22.1 Å². The fourth-order valence-corrected chi connectivity index (χ4v) is 2.15. The van der Waals surface area contributed by atoms with Crippen molar-refractivity contribution in [3.8, 4) is 0 Å². The Balaban J connectivity index is 1.78. The standard InChI is InChI=1S/C7H8BrN5S/c8-5-3-14-7(12-5)9-2-1-6-10-4-11-13-6/h3-4H,1-2H2,(H,9,12)(H,10,11,13). The minimum atomic E-state index is 0.801. The van der Waals surface area contributed by atoms with Crippen LogP contribution in [0, 0.1) is 0 Å². The van der Waals surface area contributed by atoms with E-state index in [1.807, 2.05) is 5.38 Å². The van der Waals surface area contributed by atoms with Gasteiger partial charge in [-0.05, 0) is 15.9 Å². The molecule has 2 aromatic rings. The van der Waals surface area contributed by atoms with Crippen LogP contribution in [0.1, 0.15) is 5.82 Å². The van der Waals surface area contributed by atoms with Crippen molar-refractivity contribution in [3.63, 3.8) is 0 Å². The lowest BCUT2D eigenvalue weighted by molar-refractivity contribution is 0.900. The highest BCUT2D eigenvalue weighted by atomic mass is 79.9. The van der Waals surface area contributed by atoms with Gasteiger partial charge in [0.2, 0.25) is 0 Å². The van der Waals surface area contributed by atoms with Crippen LogP contribution in [-0.2, 0) is 6.42 Å². The number of halogens is 1. The molecule has 0 saturated heterocycles. The Morgan fingerprint density at radius 2 is 2.50 bits per heavy atom. The maximum absolute atomic E-state index is 4.21. The van der Waals surface area contributed by atoms with Crippen molar-refractivity contribution < 1.29 is 0 Å². The van der Waals surface area contributed by atoms with Crippen molar-refractivity contribution in [1.82, 2.24) is 20.2 Å². The van der Waals surface area contributed by atoms with E-state index >= 15 is 0 Å². The van der Waals surface area contributed by atoms with Crippen LogP contribution in [0.25, 0.3) is 0 Å². The predicted octanol–water partition coefficient (Wildman–Crippen LogP) is 1.68. The van der Waals surface area contributed by atoms with E-state index in [2.05, 4.69) is 41.4 Å². The van der Waals surface area contributed by atoms with Gasteiger partial charge in [0.25, 0.3) is 0 Å². The molecule has 0 aliphatic carbocycles. The number of anilines is 1. The zero-order valence-corrected chi connectivity index (χ0v) is 9.60. The lowest BCUT2D eigenvalue weighted by Crippen LogP contribution is -2.05. The first kappa shape index (κ1) is 9.60. The van der Waals surface area contributed by atoms with Gasteiger partial charge in [0.15, 0.2) is 5.13 Å². The summed E-state index contributed by atoms with van der Waals surface area (Å²) >= 11 is 4.86. The Labute approximate surface area is 93.1 Å². The van der Waals surface area contributed by atoms with Crippen LogP contribution >= 0.6 is 27.3 Å². The summed E-state index contributed by atoms with van der Waals surface area (Å²) < 4.78 is 0.865. The molecule has 0 bridgehead atoms. The molecule has 2 aromatic heterocycles. The zero-order chi connectivity index (χ0) is 9.80. The lowest BCUT2D eigenvalue weighted by Gasteiger charge is -1.98. The average Bonchev–Trinajstić information content (AvgIpc) is 2.77. The fourth-order valence-electron chi connectivity index (χ4n) is 0.974. The van der Waals surface area contributed by atoms with Crippen molar-refractivity contribution in [1.29, 1.82) is 0 Å². The Hall–Kier alpha value is -0.950. The molecule has 0 spiro atoms. The molecule has 74 valence electrons. The molecule has 0 atom stereocenters. The molecule has 0 unspecified atom stereocenters. The van der Waals surface area contributed by atoms with E-state index in [9.17, 15) is 0 Å². The number of hydrogen-bond acceptors (Lipinski definition) is 5. The van der Waals surface area contributed by atoms with Crippen molar-refractivity contribution in [2.75, 3.05) is 11.9 Å². The normalized spacial score (nSPS) is 10.4. The number of hydrogen-bond donors (Lipinski definition) is 2. The van der Waals surface area contributed by atoms with Gasteiger partial charge in [-0.15, -0.1) is 11.3 Å². The van der Waals surface area contributed by atoms with Crippen molar-refractivity contribution >= 4 is 32.4 Å². The molecule has 0 aliphatic rings. The second-order valence-electron chi connectivity index (χ2n) is 2.58. The number of nitrogens with one attached hydrogen (secondary N) is 2. The molecule has 0 amide bonds. The Bertz CT molecular complexity index is 384. The fraction of sp³-hybridized carbons (Fsp3) is 0.286. The summed E-state index contributed by atoms with van der Waals surface area (Å²) in [5.74, 6) is 0.883. The van der Waals surface area contributed by atoms with E-state index in [-0.39, 0.29) is 0 Å². The summed E-state index contributed by atoms with van der Waals surface area (Å²) in [5, 5.41) is 12.6. The molecule has 2 heterocycles. The van der Waals surface area contributed by atoms with Gasteiger partial charge in [-0.3, -0.25) is 5.10 Å². The van der Waals surface area contributed by atoms with Crippen LogP contribution in [0.5, 0.6) is 0 Å². The van der Waals surface area contributed by atoms with Gasteiger partial charge in [0.05, 0.1) is 0 Å². The molecule has 2 N–H and O–H groups in total. The summed E-state index contributed by atoms with van der Waals surface area (Å²) in [6, 6.07) is 0. The van der Waals surface area contributed by atoms with Crippen LogP contribution in [0.15, 0.2) is 16.3 Å². The Kier molecular flexibility index (Phi) is 3.10. The molecule has 0 aliphatic heterocycles. The maximum atomic E-state index is 4.21. The number of nitrogens with zero attached hydrogens (tertiary/aromatic N) is 3. The first-order chi connectivity index (χ1) is 6.84. The molecule has 0 radical (unpaired) electrons.